The number of hydrogen-bond donors (Lipinski definition) is 2. The lowest BCUT2D eigenvalue weighted by Crippen LogP contribution is -2.35. The second kappa shape index (κ2) is 7.58. The highest BCUT2D eigenvalue weighted by Gasteiger charge is 2.28. The van der Waals surface area contributed by atoms with Crippen LogP contribution >= 0.6 is 0 Å². The number of methoxy groups -OCH3 is 1. The molecule has 0 saturated heterocycles. The smallest absolute Gasteiger partial charge is 0.255 e. The predicted octanol–water partition coefficient (Wildman–Crippen LogP) is 2.83. The summed E-state index contributed by atoms with van der Waals surface area (Å²) < 4.78 is 7.42. The second-order valence-electron chi connectivity index (χ2n) is 7.51. The van der Waals surface area contributed by atoms with Crippen molar-refractivity contribution in [3.63, 3.8) is 0 Å². The van der Waals surface area contributed by atoms with Crippen LogP contribution in [0.5, 0.6) is 5.75 Å². The average Bonchev–Trinajstić information content (AvgIpc) is 3.10. The summed E-state index contributed by atoms with van der Waals surface area (Å²) in [7, 11) is 1.55. The van der Waals surface area contributed by atoms with Gasteiger partial charge in [-0.3, -0.25) is 14.0 Å². The van der Waals surface area contributed by atoms with Gasteiger partial charge in [-0.05, 0) is 63.1 Å². The maximum Gasteiger partial charge on any atom is 0.255 e. The number of amides is 2. The molecule has 2 amide bonds. The van der Waals surface area contributed by atoms with E-state index in [1.807, 2.05) is 48.7 Å². The Labute approximate surface area is 169 Å². The van der Waals surface area contributed by atoms with Crippen molar-refractivity contribution in [2.45, 2.75) is 33.1 Å². The van der Waals surface area contributed by atoms with Crippen LogP contribution in [0.3, 0.4) is 0 Å². The molecule has 7 heteroatoms. The first kappa shape index (κ1) is 20.4. The van der Waals surface area contributed by atoms with Crippen LogP contribution in [-0.4, -0.2) is 34.9 Å². The Bertz CT molecular complexity index is 1100. The number of fused-ring (bicyclic) bond motifs is 1. The Hall–Kier alpha value is -3.35. The predicted molar refractivity (Wildman–Crippen MR) is 112 cm³/mol. The third-order valence-corrected chi connectivity index (χ3v) is 5.23. The highest BCUT2D eigenvalue weighted by Crippen LogP contribution is 2.32. The lowest BCUT2D eigenvalue weighted by molar-refractivity contribution is -0.122. The zero-order valence-corrected chi connectivity index (χ0v) is 17.4. The summed E-state index contributed by atoms with van der Waals surface area (Å²) in [5, 5.41) is 2.82. The zero-order valence-electron chi connectivity index (χ0n) is 17.4. The fraction of sp³-hybridized carbons (Fsp3) is 0.318. The van der Waals surface area contributed by atoms with E-state index >= 15 is 0 Å². The minimum Gasteiger partial charge on any atom is -0.496 e. The molecule has 152 valence electrons. The number of aryl methyl sites for hydroxylation is 1. The summed E-state index contributed by atoms with van der Waals surface area (Å²) in [6.45, 7) is 7.88. The van der Waals surface area contributed by atoms with Crippen LogP contribution in [0.15, 0.2) is 36.7 Å². The molecule has 0 aliphatic rings. The van der Waals surface area contributed by atoms with Gasteiger partial charge in [0, 0.05) is 18.3 Å². The van der Waals surface area contributed by atoms with E-state index in [0.29, 0.717) is 23.5 Å². The van der Waals surface area contributed by atoms with Gasteiger partial charge in [-0.15, -0.1) is 0 Å². The van der Waals surface area contributed by atoms with Gasteiger partial charge in [-0.25, -0.2) is 4.98 Å². The summed E-state index contributed by atoms with van der Waals surface area (Å²) in [5.41, 5.74) is 9.32. The molecule has 0 unspecified atom stereocenters. The monoisotopic (exact) mass is 394 g/mol. The normalized spacial score (nSPS) is 11.5. The molecular weight excluding hydrogens is 368 g/mol. The Morgan fingerprint density at radius 2 is 2.00 bits per heavy atom. The molecule has 0 saturated carbocycles. The van der Waals surface area contributed by atoms with Gasteiger partial charge >= 0.3 is 0 Å². The number of nitrogens with one attached hydrogen (secondary N) is 1. The molecule has 0 fully saturated rings. The molecule has 1 aromatic carbocycles. The summed E-state index contributed by atoms with van der Waals surface area (Å²) in [5.74, 6) is -0.0489. The van der Waals surface area contributed by atoms with Crippen molar-refractivity contribution in [3.8, 4) is 17.0 Å². The van der Waals surface area contributed by atoms with E-state index in [1.165, 1.54) is 0 Å². The fourth-order valence-corrected chi connectivity index (χ4v) is 3.33. The topological polar surface area (TPSA) is 98.7 Å². The van der Waals surface area contributed by atoms with Gasteiger partial charge in [0.15, 0.2) is 0 Å². The van der Waals surface area contributed by atoms with Crippen molar-refractivity contribution in [2.75, 3.05) is 13.7 Å². The molecule has 3 N–H and O–H groups in total. The van der Waals surface area contributed by atoms with E-state index in [1.54, 1.807) is 27.2 Å². The zero-order chi connectivity index (χ0) is 21.3. The number of imidazole rings is 1. The Balaban J connectivity index is 2.11. The van der Waals surface area contributed by atoms with Crippen LogP contribution < -0.4 is 15.8 Å². The van der Waals surface area contributed by atoms with Gasteiger partial charge in [-0.2, -0.15) is 0 Å². The number of carbonyl (C=O) groups excluding carboxylic acids is 2. The van der Waals surface area contributed by atoms with Crippen LogP contribution in [0, 0.1) is 6.92 Å². The maximum atomic E-state index is 12.4. The molecule has 3 rings (SSSR count). The van der Waals surface area contributed by atoms with Crippen molar-refractivity contribution in [1.29, 1.82) is 0 Å². The van der Waals surface area contributed by atoms with Crippen molar-refractivity contribution in [1.82, 2.24) is 14.7 Å². The van der Waals surface area contributed by atoms with Crippen LogP contribution in [0.25, 0.3) is 16.9 Å². The molecule has 0 aliphatic heterocycles. The molecular formula is C22H26N4O3. The number of carbonyl (C=O) groups is 2. The Morgan fingerprint density at radius 1 is 1.28 bits per heavy atom. The molecule has 3 aromatic rings. The first-order valence-corrected chi connectivity index (χ1v) is 9.45. The molecule has 0 aliphatic carbocycles. The van der Waals surface area contributed by atoms with Crippen molar-refractivity contribution in [2.24, 2.45) is 5.73 Å². The quantitative estimate of drug-likeness (QED) is 0.672. The Morgan fingerprint density at radius 3 is 2.62 bits per heavy atom. The van der Waals surface area contributed by atoms with E-state index in [-0.39, 0.29) is 5.91 Å². The molecule has 0 atom stereocenters. The summed E-state index contributed by atoms with van der Waals surface area (Å²) >= 11 is 0. The number of nitrogens with two attached hydrogens (primary N) is 1. The van der Waals surface area contributed by atoms with Crippen molar-refractivity contribution in [3.05, 3.63) is 53.3 Å². The second-order valence-corrected chi connectivity index (χ2v) is 7.51. The number of benzene rings is 1. The van der Waals surface area contributed by atoms with Crippen LogP contribution in [0.1, 0.15) is 42.3 Å². The molecule has 0 spiro atoms. The molecule has 0 bridgehead atoms. The third kappa shape index (κ3) is 3.55. The van der Waals surface area contributed by atoms with Gasteiger partial charge in [-0.1, -0.05) is 0 Å². The van der Waals surface area contributed by atoms with Crippen molar-refractivity contribution < 1.29 is 14.3 Å². The summed E-state index contributed by atoms with van der Waals surface area (Å²) in [6.07, 6.45) is 3.63. The van der Waals surface area contributed by atoms with Gasteiger partial charge in [0.2, 0.25) is 5.91 Å². The lowest BCUT2D eigenvalue weighted by Gasteiger charge is -2.21. The molecule has 7 nitrogen and oxygen atoms in total. The number of aromatic nitrogens is 2. The van der Waals surface area contributed by atoms with Gasteiger partial charge in [0.1, 0.15) is 11.4 Å². The molecule has 29 heavy (non-hydrogen) atoms. The third-order valence-electron chi connectivity index (χ3n) is 5.23. The number of rotatable bonds is 6. The van der Waals surface area contributed by atoms with E-state index in [0.717, 1.165) is 22.4 Å². The highest BCUT2D eigenvalue weighted by atomic mass is 16.5. The number of pyridine rings is 1. The largest absolute Gasteiger partial charge is 0.496 e. The van der Waals surface area contributed by atoms with Crippen LogP contribution in [0.2, 0.25) is 0 Å². The van der Waals surface area contributed by atoms with Crippen molar-refractivity contribution >= 4 is 17.5 Å². The summed E-state index contributed by atoms with van der Waals surface area (Å²) in [4.78, 5) is 28.7. The molecule has 2 aromatic heterocycles. The molecule has 0 radical (unpaired) electrons. The standard InChI is InChI=1S/C22H26N4O3/c1-6-24-20(27)19-13(2)9-14(10-17(19)29-5)16-12-25-18-11-15(7-8-26(16)18)22(3,4)21(23)28/h7-12H,6H2,1-5H3,(H2,23,28)(H,24,27). The number of primary amides is 1. The van der Waals surface area contributed by atoms with E-state index < -0.39 is 11.3 Å². The highest BCUT2D eigenvalue weighted by molar-refractivity contribution is 5.99. The lowest BCUT2D eigenvalue weighted by atomic mass is 9.84. The molecule has 2 heterocycles. The SMILES string of the molecule is CCNC(=O)c1c(C)cc(-c2cnc3cc(C(C)(C)C(N)=O)ccn23)cc1OC. The van der Waals surface area contributed by atoms with Gasteiger partial charge in [0.25, 0.3) is 5.91 Å². The van der Waals surface area contributed by atoms with E-state index in [4.69, 9.17) is 10.5 Å². The summed E-state index contributed by atoms with van der Waals surface area (Å²) in [6, 6.07) is 7.51. The Kier molecular flexibility index (Phi) is 5.33. The average molecular weight is 394 g/mol. The first-order chi connectivity index (χ1) is 13.7. The minimum atomic E-state index is -0.790. The van der Waals surface area contributed by atoms with E-state index in [2.05, 4.69) is 10.3 Å². The first-order valence-electron chi connectivity index (χ1n) is 9.45. The van der Waals surface area contributed by atoms with Gasteiger partial charge < -0.3 is 15.8 Å². The minimum absolute atomic E-state index is 0.162. The van der Waals surface area contributed by atoms with E-state index in [9.17, 15) is 9.59 Å². The number of nitrogens with zero attached hydrogens (tertiary/aromatic N) is 2. The number of hydrogen-bond acceptors (Lipinski definition) is 4. The van der Waals surface area contributed by atoms with Gasteiger partial charge in [0.05, 0.1) is 30.0 Å². The van der Waals surface area contributed by atoms with Crippen LogP contribution in [0.4, 0.5) is 0 Å². The fourth-order valence-electron chi connectivity index (χ4n) is 3.33. The van der Waals surface area contributed by atoms with Crippen LogP contribution in [-0.2, 0) is 10.2 Å². The number of ether oxygens (including phenoxy) is 1. The maximum absolute atomic E-state index is 12.4.